The summed E-state index contributed by atoms with van der Waals surface area (Å²) in [6.07, 6.45) is 8.43. The van der Waals surface area contributed by atoms with Gasteiger partial charge in [0.15, 0.2) is 0 Å². The van der Waals surface area contributed by atoms with Crippen molar-refractivity contribution < 1.29 is 19.4 Å². The van der Waals surface area contributed by atoms with Crippen LogP contribution < -0.4 is 9.47 Å². The Morgan fingerprint density at radius 3 is 2.71 bits per heavy atom. The van der Waals surface area contributed by atoms with Crippen LogP contribution in [0.25, 0.3) is 11.0 Å². The molecule has 1 atom stereocenters. The largest absolute Gasteiger partial charge is 0.481 e. The monoisotopic (exact) mass is 473 g/mol. The van der Waals surface area contributed by atoms with Crippen LogP contribution in [0.4, 0.5) is 0 Å². The van der Waals surface area contributed by atoms with Crippen LogP contribution in [0.3, 0.4) is 0 Å². The molecule has 0 aliphatic heterocycles. The molecule has 1 unspecified atom stereocenters. The van der Waals surface area contributed by atoms with E-state index in [0.29, 0.717) is 30.3 Å². The zero-order chi connectivity index (χ0) is 24.2. The second-order valence-corrected chi connectivity index (χ2v) is 8.60. The lowest BCUT2D eigenvalue weighted by Gasteiger charge is -2.17. The van der Waals surface area contributed by atoms with Crippen molar-refractivity contribution in [2.24, 2.45) is 0 Å². The standard InChI is InChI=1S/C26H27N5O4/c1-34-24-10-7-18(15-27-24)23(14-26(32)33)31-22-9-11-25(30-21(22)16-28-31)35-13-12-19-8-6-17-4-2-3-5-20(17)29-19/h6-11,15-16,23H,2-5,12-14H2,1H3,(H,32,33). The Balaban J connectivity index is 1.30. The lowest BCUT2D eigenvalue weighted by atomic mass is 9.96. The van der Waals surface area contributed by atoms with Gasteiger partial charge in [-0.1, -0.05) is 6.07 Å². The van der Waals surface area contributed by atoms with Crippen LogP contribution in [0, 0.1) is 0 Å². The van der Waals surface area contributed by atoms with Gasteiger partial charge in [-0.3, -0.25) is 14.5 Å². The van der Waals surface area contributed by atoms with E-state index in [0.717, 1.165) is 29.6 Å². The van der Waals surface area contributed by atoms with E-state index in [1.165, 1.54) is 31.2 Å². The number of pyridine rings is 3. The van der Waals surface area contributed by atoms with Crippen molar-refractivity contribution in [2.45, 2.75) is 44.6 Å². The quantitative estimate of drug-likeness (QED) is 0.391. The number of nitrogens with zero attached hydrogens (tertiary/aromatic N) is 5. The summed E-state index contributed by atoms with van der Waals surface area (Å²) >= 11 is 0. The molecule has 35 heavy (non-hydrogen) atoms. The Kier molecular flexibility index (Phi) is 6.56. The number of fused-ring (bicyclic) bond motifs is 2. The highest BCUT2D eigenvalue weighted by atomic mass is 16.5. The first-order valence-corrected chi connectivity index (χ1v) is 11.8. The molecule has 5 rings (SSSR count). The summed E-state index contributed by atoms with van der Waals surface area (Å²) in [5, 5.41) is 13.9. The van der Waals surface area contributed by atoms with Gasteiger partial charge in [0.2, 0.25) is 11.8 Å². The van der Waals surface area contributed by atoms with E-state index in [9.17, 15) is 9.90 Å². The molecule has 1 aliphatic carbocycles. The van der Waals surface area contributed by atoms with E-state index >= 15 is 0 Å². The van der Waals surface area contributed by atoms with E-state index in [1.807, 2.05) is 6.07 Å². The van der Waals surface area contributed by atoms with Crippen molar-refractivity contribution in [1.82, 2.24) is 24.7 Å². The van der Waals surface area contributed by atoms with Crippen molar-refractivity contribution >= 4 is 17.0 Å². The average Bonchev–Trinajstić information content (AvgIpc) is 3.30. The van der Waals surface area contributed by atoms with Crippen LogP contribution >= 0.6 is 0 Å². The smallest absolute Gasteiger partial charge is 0.305 e. The fourth-order valence-electron chi connectivity index (χ4n) is 4.49. The Bertz CT molecular complexity index is 1340. The number of carboxylic acid groups (broad SMARTS) is 1. The Hall–Kier alpha value is -4.01. The van der Waals surface area contributed by atoms with Gasteiger partial charge in [0.25, 0.3) is 0 Å². The third kappa shape index (κ3) is 5.08. The summed E-state index contributed by atoms with van der Waals surface area (Å²) < 4.78 is 12.7. The van der Waals surface area contributed by atoms with Crippen LogP contribution in [0.1, 0.15) is 47.8 Å². The molecule has 0 saturated heterocycles. The van der Waals surface area contributed by atoms with Crippen molar-refractivity contribution in [3.63, 3.8) is 0 Å². The third-order valence-corrected chi connectivity index (χ3v) is 6.29. The zero-order valence-electron chi connectivity index (χ0n) is 19.6. The highest BCUT2D eigenvalue weighted by Crippen LogP contribution is 2.27. The van der Waals surface area contributed by atoms with Crippen LogP contribution in [-0.2, 0) is 24.1 Å². The van der Waals surface area contributed by atoms with Gasteiger partial charge in [0, 0.05) is 36.1 Å². The van der Waals surface area contributed by atoms with E-state index in [1.54, 1.807) is 35.3 Å². The fourth-order valence-corrected chi connectivity index (χ4v) is 4.49. The molecule has 0 amide bonds. The molecule has 9 heteroatoms. The normalized spacial score (nSPS) is 13.9. The van der Waals surface area contributed by atoms with Crippen molar-refractivity contribution in [3.05, 3.63) is 71.3 Å². The number of aromatic nitrogens is 5. The first-order chi connectivity index (χ1) is 17.1. The molecule has 0 aromatic carbocycles. The molecule has 4 heterocycles. The number of aliphatic carboxylic acids is 1. The summed E-state index contributed by atoms with van der Waals surface area (Å²) in [7, 11) is 1.53. The van der Waals surface area contributed by atoms with E-state index < -0.39 is 12.0 Å². The summed E-state index contributed by atoms with van der Waals surface area (Å²) in [5.41, 5.74) is 5.70. The second-order valence-electron chi connectivity index (χ2n) is 8.60. The number of rotatable bonds is 9. The molecule has 0 radical (unpaired) electrons. The summed E-state index contributed by atoms with van der Waals surface area (Å²) in [6.45, 7) is 0.470. The number of carboxylic acids is 1. The molecule has 0 spiro atoms. The van der Waals surface area contributed by atoms with Gasteiger partial charge < -0.3 is 14.6 Å². The van der Waals surface area contributed by atoms with E-state index in [-0.39, 0.29) is 6.42 Å². The lowest BCUT2D eigenvalue weighted by molar-refractivity contribution is -0.137. The van der Waals surface area contributed by atoms with Crippen molar-refractivity contribution in [2.75, 3.05) is 13.7 Å². The summed E-state index contributed by atoms with van der Waals surface area (Å²) in [6, 6.07) is 10.9. The Labute approximate surface area is 202 Å². The number of aryl methyl sites for hydroxylation is 2. The van der Waals surface area contributed by atoms with Crippen molar-refractivity contribution in [1.29, 1.82) is 0 Å². The third-order valence-electron chi connectivity index (χ3n) is 6.29. The molecule has 1 aliphatic rings. The summed E-state index contributed by atoms with van der Waals surface area (Å²) in [4.78, 5) is 25.2. The van der Waals surface area contributed by atoms with Crippen LogP contribution in [0.2, 0.25) is 0 Å². The summed E-state index contributed by atoms with van der Waals surface area (Å²) in [5.74, 6) is 0.0243. The maximum absolute atomic E-state index is 11.6. The van der Waals surface area contributed by atoms with Crippen LogP contribution in [0.5, 0.6) is 11.8 Å². The van der Waals surface area contributed by atoms with Gasteiger partial charge in [-0.05, 0) is 55.0 Å². The van der Waals surface area contributed by atoms with Crippen LogP contribution in [0.15, 0.2) is 48.8 Å². The Morgan fingerprint density at radius 2 is 1.91 bits per heavy atom. The first kappa shape index (κ1) is 22.8. The predicted molar refractivity (Wildman–Crippen MR) is 129 cm³/mol. The number of carbonyl (C=O) groups is 1. The Morgan fingerprint density at radius 1 is 1.06 bits per heavy atom. The van der Waals surface area contributed by atoms with Crippen molar-refractivity contribution in [3.8, 4) is 11.8 Å². The van der Waals surface area contributed by atoms with Gasteiger partial charge in [0.1, 0.15) is 5.52 Å². The maximum atomic E-state index is 11.6. The highest BCUT2D eigenvalue weighted by molar-refractivity contribution is 5.76. The average molecular weight is 474 g/mol. The second kappa shape index (κ2) is 10.1. The zero-order valence-corrected chi connectivity index (χ0v) is 19.6. The first-order valence-electron chi connectivity index (χ1n) is 11.8. The number of methoxy groups -OCH3 is 1. The molecular weight excluding hydrogens is 446 g/mol. The number of hydrogen-bond acceptors (Lipinski definition) is 7. The van der Waals surface area contributed by atoms with Gasteiger partial charge >= 0.3 is 5.97 Å². The fraction of sp³-hybridized carbons (Fsp3) is 0.346. The van der Waals surface area contributed by atoms with Gasteiger partial charge in [-0.15, -0.1) is 0 Å². The molecule has 0 fully saturated rings. The minimum atomic E-state index is -0.932. The molecule has 4 aromatic rings. The van der Waals surface area contributed by atoms with Gasteiger partial charge in [-0.25, -0.2) is 9.97 Å². The lowest BCUT2D eigenvalue weighted by Crippen LogP contribution is -2.16. The molecule has 180 valence electrons. The predicted octanol–water partition coefficient (Wildman–Crippen LogP) is 3.79. The van der Waals surface area contributed by atoms with Gasteiger partial charge in [-0.2, -0.15) is 5.10 Å². The van der Waals surface area contributed by atoms with E-state index in [4.69, 9.17) is 14.5 Å². The maximum Gasteiger partial charge on any atom is 0.305 e. The topological polar surface area (TPSA) is 112 Å². The molecule has 1 N–H and O–H groups in total. The minimum absolute atomic E-state index is 0.142. The number of ether oxygens (including phenoxy) is 2. The van der Waals surface area contributed by atoms with Crippen LogP contribution in [-0.4, -0.2) is 49.5 Å². The van der Waals surface area contributed by atoms with Gasteiger partial charge in [0.05, 0.1) is 37.9 Å². The number of hydrogen-bond donors (Lipinski definition) is 1. The molecule has 4 aromatic heterocycles. The molecule has 9 nitrogen and oxygen atoms in total. The SMILES string of the molecule is COc1ccc(C(CC(=O)O)n2ncc3nc(OCCc4ccc5c(n4)CCCC5)ccc32)cn1. The van der Waals surface area contributed by atoms with E-state index in [2.05, 4.69) is 27.2 Å². The minimum Gasteiger partial charge on any atom is -0.481 e. The molecule has 0 bridgehead atoms. The molecule has 0 saturated carbocycles. The molecular formula is C26H27N5O4. The highest BCUT2D eigenvalue weighted by Gasteiger charge is 2.22.